The van der Waals surface area contributed by atoms with E-state index in [1.165, 1.54) is 16.3 Å². The third kappa shape index (κ3) is 4.15. The van der Waals surface area contributed by atoms with Crippen LogP contribution in [0.2, 0.25) is 5.02 Å². The van der Waals surface area contributed by atoms with Crippen LogP contribution in [-0.2, 0) is 11.3 Å². The van der Waals surface area contributed by atoms with Gasteiger partial charge in [-0.3, -0.25) is 14.2 Å². The number of carbonyl (C=O) groups is 1. The number of nitrogens with zero attached hydrogens (tertiary/aromatic N) is 2. The molecule has 33 heavy (non-hydrogen) atoms. The number of fused-ring (bicyclic) bond motifs is 3. The summed E-state index contributed by atoms with van der Waals surface area (Å²) in [6.07, 6.45) is 1.54. The maximum absolute atomic E-state index is 13.3. The van der Waals surface area contributed by atoms with E-state index in [-0.39, 0.29) is 29.3 Å². The number of halogens is 1. The van der Waals surface area contributed by atoms with Crippen molar-refractivity contribution in [1.82, 2.24) is 9.55 Å². The van der Waals surface area contributed by atoms with Crippen LogP contribution in [0, 0.1) is 6.92 Å². The van der Waals surface area contributed by atoms with Gasteiger partial charge in [-0.1, -0.05) is 41.6 Å². The molecule has 0 saturated carbocycles. The molecule has 0 aliphatic rings. The zero-order chi connectivity index (χ0) is 22.9. The first-order valence-corrected chi connectivity index (χ1v) is 11.5. The van der Waals surface area contributed by atoms with Gasteiger partial charge in [0.15, 0.2) is 5.16 Å². The number of aromatic nitrogens is 2. The van der Waals surface area contributed by atoms with Gasteiger partial charge in [0.1, 0.15) is 16.9 Å². The molecular weight excluding hydrogens is 462 g/mol. The smallest absolute Gasteiger partial charge is 0.298 e. The molecule has 3 heterocycles. The van der Waals surface area contributed by atoms with Crippen LogP contribution in [0.1, 0.15) is 11.3 Å². The average molecular weight is 480 g/mol. The van der Waals surface area contributed by atoms with Crippen LogP contribution in [0.3, 0.4) is 0 Å². The number of furan rings is 2. The Hall–Kier alpha value is -3.49. The molecule has 0 spiro atoms. The lowest BCUT2D eigenvalue weighted by molar-refractivity contribution is -0.113. The largest absolute Gasteiger partial charge is 0.467 e. The highest BCUT2D eigenvalue weighted by molar-refractivity contribution is 7.99. The van der Waals surface area contributed by atoms with Gasteiger partial charge in [-0.25, -0.2) is 4.98 Å². The Kier molecular flexibility index (Phi) is 5.70. The lowest BCUT2D eigenvalue weighted by atomic mass is 10.2. The lowest BCUT2D eigenvalue weighted by Crippen LogP contribution is -2.24. The standard InChI is InChI=1S/C24H18ClN3O4S/c1-14-17(25)8-4-9-18(14)26-20(29)13-33-24-27-21-16-7-2-3-10-19(16)32-22(21)23(30)28(24)12-15-6-5-11-31-15/h2-11H,12-13H2,1H3,(H,26,29). The Morgan fingerprint density at radius 1 is 1.15 bits per heavy atom. The van der Waals surface area contributed by atoms with Crippen molar-refractivity contribution in [3.05, 3.63) is 87.6 Å². The number of carbonyl (C=O) groups excluding carboxylic acids is 1. The number of rotatable bonds is 6. The lowest BCUT2D eigenvalue weighted by Gasteiger charge is -2.12. The van der Waals surface area contributed by atoms with Crippen molar-refractivity contribution in [2.45, 2.75) is 18.6 Å². The Balaban J connectivity index is 1.50. The van der Waals surface area contributed by atoms with Crippen LogP contribution in [0.4, 0.5) is 5.69 Å². The second-order valence-corrected chi connectivity index (χ2v) is 8.74. The molecule has 166 valence electrons. The highest BCUT2D eigenvalue weighted by atomic mass is 35.5. The first kappa shape index (κ1) is 21.4. The van der Waals surface area contributed by atoms with Crippen molar-refractivity contribution in [2.24, 2.45) is 0 Å². The molecule has 0 unspecified atom stereocenters. The summed E-state index contributed by atoms with van der Waals surface area (Å²) in [4.78, 5) is 30.7. The third-order valence-corrected chi connectivity index (χ3v) is 6.60. The van der Waals surface area contributed by atoms with Crippen molar-refractivity contribution in [3.63, 3.8) is 0 Å². The summed E-state index contributed by atoms with van der Waals surface area (Å²) >= 11 is 7.32. The molecule has 0 aliphatic heterocycles. The van der Waals surface area contributed by atoms with E-state index < -0.39 is 0 Å². The van der Waals surface area contributed by atoms with Crippen LogP contribution in [-0.4, -0.2) is 21.2 Å². The minimum absolute atomic E-state index is 0.0534. The van der Waals surface area contributed by atoms with E-state index in [0.717, 1.165) is 10.9 Å². The van der Waals surface area contributed by atoms with E-state index in [4.69, 9.17) is 25.4 Å². The first-order chi connectivity index (χ1) is 16.0. The zero-order valence-electron chi connectivity index (χ0n) is 17.5. The molecule has 9 heteroatoms. The number of para-hydroxylation sites is 1. The van der Waals surface area contributed by atoms with E-state index in [2.05, 4.69) is 5.32 Å². The highest BCUT2D eigenvalue weighted by Gasteiger charge is 2.19. The van der Waals surface area contributed by atoms with E-state index in [9.17, 15) is 9.59 Å². The molecule has 0 fully saturated rings. The van der Waals surface area contributed by atoms with Crippen molar-refractivity contribution >= 4 is 57.0 Å². The van der Waals surface area contributed by atoms with Gasteiger partial charge in [-0.05, 0) is 48.9 Å². The quantitative estimate of drug-likeness (QED) is 0.256. The molecule has 5 rings (SSSR count). The molecule has 0 bridgehead atoms. The molecule has 7 nitrogen and oxygen atoms in total. The average Bonchev–Trinajstić information content (AvgIpc) is 3.46. The summed E-state index contributed by atoms with van der Waals surface area (Å²) in [5.74, 6) is 0.411. The van der Waals surface area contributed by atoms with Gasteiger partial charge in [0, 0.05) is 16.1 Å². The number of anilines is 1. The fourth-order valence-electron chi connectivity index (χ4n) is 3.52. The van der Waals surface area contributed by atoms with Gasteiger partial charge in [0.2, 0.25) is 11.5 Å². The summed E-state index contributed by atoms with van der Waals surface area (Å²) < 4.78 is 12.7. The van der Waals surface area contributed by atoms with Crippen LogP contribution >= 0.6 is 23.4 Å². The fourth-order valence-corrected chi connectivity index (χ4v) is 4.49. The van der Waals surface area contributed by atoms with E-state index >= 15 is 0 Å². The molecular formula is C24H18ClN3O4S. The molecule has 1 amide bonds. The monoisotopic (exact) mass is 479 g/mol. The number of thioether (sulfide) groups is 1. The second-order valence-electron chi connectivity index (χ2n) is 7.39. The summed E-state index contributed by atoms with van der Waals surface area (Å²) in [5.41, 5.74) is 2.33. The molecule has 3 aromatic heterocycles. The Labute approximate surface area is 197 Å². The van der Waals surface area contributed by atoms with Crippen LogP contribution in [0.5, 0.6) is 0 Å². The van der Waals surface area contributed by atoms with Crippen molar-refractivity contribution in [2.75, 3.05) is 11.1 Å². The molecule has 1 N–H and O–H groups in total. The Bertz CT molecular complexity index is 1540. The van der Waals surface area contributed by atoms with E-state index in [0.29, 0.717) is 32.7 Å². The summed E-state index contributed by atoms with van der Waals surface area (Å²) in [5, 5.41) is 4.58. The number of benzene rings is 2. The van der Waals surface area contributed by atoms with Crippen molar-refractivity contribution in [3.8, 4) is 0 Å². The van der Waals surface area contributed by atoms with Gasteiger partial charge >= 0.3 is 0 Å². The first-order valence-electron chi connectivity index (χ1n) is 10.1. The van der Waals surface area contributed by atoms with E-state index in [1.54, 1.807) is 42.7 Å². The van der Waals surface area contributed by atoms with Gasteiger partial charge in [0.25, 0.3) is 5.56 Å². The number of amides is 1. The number of hydrogen-bond acceptors (Lipinski definition) is 6. The van der Waals surface area contributed by atoms with E-state index in [1.807, 2.05) is 25.1 Å². The Morgan fingerprint density at radius 3 is 2.82 bits per heavy atom. The third-order valence-electron chi connectivity index (χ3n) is 5.22. The molecule has 0 radical (unpaired) electrons. The van der Waals surface area contributed by atoms with Crippen molar-refractivity contribution in [1.29, 1.82) is 0 Å². The van der Waals surface area contributed by atoms with Crippen LogP contribution in [0.15, 0.2) is 79.6 Å². The van der Waals surface area contributed by atoms with Gasteiger partial charge < -0.3 is 14.2 Å². The number of nitrogens with one attached hydrogen (secondary N) is 1. The normalized spacial score (nSPS) is 11.3. The summed E-state index contributed by atoms with van der Waals surface area (Å²) in [6.45, 7) is 2.01. The fraction of sp³-hybridized carbons (Fsp3) is 0.125. The van der Waals surface area contributed by atoms with Crippen LogP contribution in [0.25, 0.3) is 22.1 Å². The molecule has 0 aliphatic carbocycles. The van der Waals surface area contributed by atoms with Gasteiger partial charge in [-0.15, -0.1) is 0 Å². The minimum Gasteiger partial charge on any atom is -0.467 e. The van der Waals surface area contributed by atoms with Gasteiger partial charge in [-0.2, -0.15) is 0 Å². The molecule has 0 saturated heterocycles. The topological polar surface area (TPSA) is 90.3 Å². The number of hydrogen-bond donors (Lipinski definition) is 1. The molecule has 2 aromatic carbocycles. The zero-order valence-corrected chi connectivity index (χ0v) is 19.1. The predicted molar refractivity (Wildman–Crippen MR) is 129 cm³/mol. The highest BCUT2D eigenvalue weighted by Crippen LogP contribution is 2.28. The molecule has 5 aromatic rings. The summed E-state index contributed by atoms with van der Waals surface area (Å²) in [7, 11) is 0. The maximum Gasteiger partial charge on any atom is 0.298 e. The Morgan fingerprint density at radius 2 is 2.00 bits per heavy atom. The van der Waals surface area contributed by atoms with Gasteiger partial charge in [0.05, 0.1) is 18.6 Å². The van der Waals surface area contributed by atoms with Crippen molar-refractivity contribution < 1.29 is 13.6 Å². The van der Waals surface area contributed by atoms with Crippen LogP contribution < -0.4 is 10.9 Å². The summed E-state index contributed by atoms with van der Waals surface area (Å²) in [6, 6.07) is 16.2. The second kappa shape index (κ2) is 8.80. The SMILES string of the molecule is Cc1c(Cl)cccc1NC(=O)CSc1nc2c(oc3ccccc32)c(=O)n1Cc1ccco1. The predicted octanol–water partition coefficient (Wildman–Crippen LogP) is 5.48. The minimum atomic E-state index is -0.332. The maximum atomic E-state index is 13.3. The molecule has 0 atom stereocenters.